The molecule has 0 aromatic carbocycles. The van der Waals surface area contributed by atoms with Crippen molar-refractivity contribution in [3.8, 4) is 0 Å². The van der Waals surface area contributed by atoms with Gasteiger partial charge in [-0.2, -0.15) is 0 Å². The summed E-state index contributed by atoms with van der Waals surface area (Å²) in [7, 11) is 0. The molecule has 0 saturated carbocycles. The summed E-state index contributed by atoms with van der Waals surface area (Å²) in [4.78, 5) is 11.2. The van der Waals surface area contributed by atoms with Crippen molar-refractivity contribution in [2.24, 2.45) is 0 Å². The lowest BCUT2D eigenvalue weighted by atomic mass is 9.92. The zero-order valence-electron chi connectivity index (χ0n) is 8.97. The number of rotatable bonds is 7. The Hall–Kier alpha value is -0.370. The maximum absolute atomic E-state index is 11.2. The molecule has 77 valence electrons. The van der Waals surface area contributed by atoms with Gasteiger partial charge in [0.25, 0.3) is 0 Å². The van der Waals surface area contributed by atoms with E-state index in [2.05, 4.69) is 6.92 Å². The second-order valence-electron chi connectivity index (χ2n) is 3.82. The van der Waals surface area contributed by atoms with Gasteiger partial charge in [0.05, 0.1) is 12.0 Å². The number of Topliss-reactive ketones (excluding diaryl/α,β-unsaturated/α-hetero) is 1. The van der Waals surface area contributed by atoms with E-state index in [1.54, 1.807) is 6.92 Å². The van der Waals surface area contributed by atoms with Crippen LogP contribution in [0.5, 0.6) is 0 Å². The average molecular weight is 185 g/mol. The fourth-order valence-corrected chi connectivity index (χ4v) is 1.27. The normalized spacial score (nSPS) is 15.4. The lowest BCUT2D eigenvalue weighted by Crippen LogP contribution is -2.28. The van der Waals surface area contributed by atoms with Gasteiger partial charge in [0, 0.05) is 6.42 Å². The molecule has 0 aromatic heterocycles. The summed E-state index contributed by atoms with van der Waals surface area (Å²) < 4.78 is 0. The SMILES string of the molecule is CCCCC(C)(O)[CH]C(=O)CCC. The van der Waals surface area contributed by atoms with Crippen LogP contribution in [0.2, 0.25) is 0 Å². The van der Waals surface area contributed by atoms with Gasteiger partial charge in [0.2, 0.25) is 0 Å². The van der Waals surface area contributed by atoms with E-state index >= 15 is 0 Å². The molecule has 0 aliphatic heterocycles. The van der Waals surface area contributed by atoms with Crippen LogP contribution in [0.15, 0.2) is 0 Å². The minimum Gasteiger partial charge on any atom is -0.389 e. The molecule has 0 aliphatic rings. The number of hydrogen-bond donors (Lipinski definition) is 1. The molecule has 1 unspecified atom stereocenters. The van der Waals surface area contributed by atoms with Crippen LogP contribution >= 0.6 is 0 Å². The quantitative estimate of drug-likeness (QED) is 0.661. The van der Waals surface area contributed by atoms with Gasteiger partial charge in [-0.3, -0.25) is 4.79 Å². The van der Waals surface area contributed by atoms with Crippen molar-refractivity contribution in [1.29, 1.82) is 0 Å². The zero-order chi connectivity index (χ0) is 10.3. The molecule has 0 rings (SSSR count). The standard InChI is InChI=1S/C11H21O2/c1-4-6-8-11(3,13)9-10(12)7-5-2/h9,13H,4-8H2,1-3H3. The van der Waals surface area contributed by atoms with E-state index in [1.165, 1.54) is 6.42 Å². The number of unbranched alkanes of at least 4 members (excludes halogenated alkanes) is 1. The van der Waals surface area contributed by atoms with Crippen LogP contribution in [-0.4, -0.2) is 16.5 Å². The largest absolute Gasteiger partial charge is 0.389 e. The lowest BCUT2D eigenvalue weighted by Gasteiger charge is -2.21. The Morgan fingerprint density at radius 1 is 1.38 bits per heavy atom. The topological polar surface area (TPSA) is 37.3 Å². The van der Waals surface area contributed by atoms with Gasteiger partial charge in [-0.05, 0) is 19.8 Å². The van der Waals surface area contributed by atoms with Gasteiger partial charge in [-0.25, -0.2) is 0 Å². The molecule has 0 amide bonds. The number of ketones is 1. The van der Waals surface area contributed by atoms with E-state index < -0.39 is 5.60 Å². The van der Waals surface area contributed by atoms with Crippen LogP contribution in [0.25, 0.3) is 0 Å². The molecule has 2 nitrogen and oxygen atoms in total. The molecular formula is C11H21O2. The highest BCUT2D eigenvalue weighted by molar-refractivity contribution is 5.88. The summed E-state index contributed by atoms with van der Waals surface area (Å²) >= 11 is 0. The molecule has 1 N–H and O–H groups in total. The average Bonchev–Trinajstić information content (AvgIpc) is 2.00. The van der Waals surface area contributed by atoms with Crippen molar-refractivity contribution < 1.29 is 9.90 Å². The molecule has 2 heteroatoms. The first kappa shape index (κ1) is 12.6. The zero-order valence-corrected chi connectivity index (χ0v) is 8.97. The van der Waals surface area contributed by atoms with Gasteiger partial charge in [-0.15, -0.1) is 0 Å². The first-order valence-corrected chi connectivity index (χ1v) is 5.13. The minimum absolute atomic E-state index is 0.0589. The van der Waals surface area contributed by atoms with Crippen molar-refractivity contribution in [2.45, 2.75) is 58.5 Å². The van der Waals surface area contributed by atoms with Gasteiger partial charge >= 0.3 is 0 Å². The molecule has 0 aliphatic carbocycles. The molecule has 0 saturated heterocycles. The number of carbonyl (C=O) groups excluding carboxylic acids is 1. The fourth-order valence-electron chi connectivity index (χ4n) is 1.27. The van der Waals surface area contributed by atoms with Crippen molar-refractivity contribution in [3.05, 3.63) is 6.42 Å². The third kappa shape index (κ3) is 6.76. The first-order valence-electron chi connectivity index (χ1n) is 5.13. The minimum atomic E-state index is -0.901. The molecule has 0 heterocycles. The highest BCUT2D eigenvalue weighted by atomic mass is 16.3. The van der Waals surface area contributed by atoms with Gasteiger partial charge in [-0.1, -0.05) is 26.7 Å². The van der Waals surface area contributed by atoms with Crippen LogP contribution in [0.3, 0.4) is 0 Å². The molecule has 0 bridgehead atoms. The van der Waals surface area contributed by atoms with E-state index in [0.29, 0.717) is 12.8 Å². The van der Waals surface area contributed by atoms with Crippen molar-refractivity contribution in [3.63, 3.8) is 0 Å². The second-order valence-corrected chi connectivity index (χ2v) is 3.82. The Labute approximate surface area is 81.3 Å². The molecule has 1 atom stereocenters. The van der Waals surface area contributed by atoms with Gasteiger partial charge < -0.3 is 5.11 Å². The Morgan fingerprint density at radius 3 is 2.46 bits per heavy atom. The molecule has 0 fully saturated rings. The predicted octanol–water partition coefficient (Wildman–Crippen LogP) is 2.50. The van der Waals surface area contributed by atoms with E-state index in [0.717, 1.165) is 19.3 Å². The molecule has 13 heavy (non-hydrogen) atoms. The summed E-state index contributed by atoms with van der Waals surface area (Å²) in [5.41, 5.74) is -0.901. The number of aliphatic hydroxyl groups is 1. The second kappa shape index (κ2) is 6.14. The van der Waals surface area contributed by atoms with E-state index in [4.69, 9.17) is 0 Å². The van der Waals surface area contributed by atoms with Crippen molar-refractivity contribution in [2.75, 3.05) is 0 Å². The Balaban J connectivity index is 3.79. The van der Waals surface area contributed by atoms with Gasteiger partial charge in [0.15, 0.2) is 0 Å². The summed E-state index contributed by atoms with van der Waals surface area (Å²) in [6.07, 6.45) is 5.54. The van der Waals surface area contributed by atoms with Crippen LogP contribution in [0.4, 0.5) is 0 Å². The summed E-state index contributed by atoms with van der Waals surface area (Å²) in [5.74, 6) is 0.0589. The Kier molecular flexibility index (Phi) is 5.97. The van der Waals surface area contributed by atoms with Gasteiger partial charge in [0.1, 0.15) is 5.78 Å². The highest BCUT2D eigenvalue weighted by Crippen LogP contribution is 2.18. The molecule has 0 spiro atoms. The van der Waals surface area contributed by atoms with E-state index in [-0.39, 0.29) is 5.78 Å². The maximum Gasteiger partial charge on any atom is 0.139 e. The fraction of sp³-hybridized carbons (Fsp3) is 0.818. The van der Waals surface area contributed by atoms with Crippen LogP contribution in [0, 0.1) is 6.42 Å². The van der Waals surface area contributed by atoms with E-state index in [1.807, 2.05) is 6.92 Å². The lowest BCUT2D eigenvalue weighted by molar-refractivity contribution is -0.118. The van der Waals surface area contributed by atoms with Crippen molar-refractivity contribution >= 4 is 5.78 Å². The molecular weight excluding hydrogens is 164 g/mol. The first-order chi connectivity index (χ1) is 6.02. The maximum atomic E-state index is 11.2. The third-order valence-corrected chi connectivity index (χ3v) is 2.00. The number of hydrogen-bond acceptors (Lipinski definition) is 2. The van der Waals surface area contributed by atoms with Crippen LogP contribution in [0.1, 0.15) is 52.9 Å². The Morgan fingerprint density at radius 2 is 2.00 bits per heavy atom. The number of carbonyl (C=O) groups is 1. The monoisotopic (exact) mass is 185 g/mol. The predicted molar refractivity (Wildman–Crippen MR) is 54.4 cm³/mol. The molecule has 0 aromatic rings. The van der Waals surface area contributed by atoms with Crippen molar-refractivity contribution in [1.82, 2.24) is 0 Å². The van der Waals surface area contributed by atoms with Crippen LogP contribution in [-0.2, 0) is 4.79 Å². The smallest absolute Gasteiger partial charge is 0.139 e. The molecule has 1 radical (unpaired) electrons. The summed E-state index contributed by atoms with van der Waals surface area (Å²) in [5, 5.41) is 9.77. The van der Waals surface area contributed by atoms with E-state index in [9.17, 15) is 9.90 Å². The van der Waals surface area contributed by atoms with Crippen LogP contribution < -0.4 is 0 Å². The Bertz CT molecular complexity index is 150. The third-order valence-electron chi connectivity index (χ3n) is 2.00. The summed E-state index contributed by atoms with van der Waals surface area (Å²) in [6, 6.07) is 0. The summed E-state index contributed by atoms with van der Waals surface area (Å²) in [6.45, 7) is 5.74. The highest BCUT2D eigenvalue weighted by Gasteiger charge is 2.23.